The number of nitrogens with two attached hydrogens (primary N) is 1. The zero-order valence-electron chi connectivity index (χ0n) is 12.4. The quantitative estimate of drug-likeness (QED) is 0.723. The molecule has 1 fully saturated rings. The first kappa shape index (κ1) is 15.7. The van der Waals surface area contributed by atoms with Crippen molar-refractivity contribution in [3.8, 4) is 0 Å². The lowest BCUT2D eigenvalue weighted by Gasteiger charge is -2.12. The van der Waals surface area contributed by atoms with Crippen LogP contribution in [0.1, 0.15) is 67.6 Å². The third kappa shape index (κ3) is 4.97. The molecule has 1 aromatic heterocycles. The predicted molar refractivity (Wildman–Crippen MR) is 77.9 cm³/mol. The van der Waals surface area contributed by atoms with Gasteiger partial charge in [-0.1, -0.05) is 5.16 Å². The van der Waals surface area contributed by atoms with E-state index in [1.807, 2.05) is 6.92 Å². The molecule has 3 N–H and O–H groups in total. The van der Waals surface area contributed by atoms with Crippen molar-refractivity contribution in [1.29, 1.82) is 0 Å². The van der Waals surface area contributed by atoms with Crippen molar-refractivity contribution in [3.63, 3.8) is 0 Å². The van der Waals surface area contributed by atoms with E-state index >= 15 is 0 Å². The highest BCUT2D eigenvalue weighted by Gasteiger charge is 2.29. The van der Waals surface area contributed by atoms with Crippen LogP contribution in [0.4, 0.5) is 0 Å². The fourth-order valence-electron chi connectivity index (χ4n) is 2.13. The van der Waals surface area contributed by atoms with Gasteiger partial charge in [-0.3, -0.25) is 9.59 Å². The topological polar surface area (TPSA) is 98.2 Å². The highest BCUT2D eigenvalue weighted by atomic mass is 16.5. The third-order valence-electron chi connectivity index (χ3n) is 3.63. The van der Waals surface area contributed by atoms with E-state index in [1.165, 1.54) is 0 Å². The van der Waals surface area contributed by atoms with Gasteiger partial charge in [0.25, 0.3) is 5.91 Å². The number of nitrogens with one attached hydrogen (secondary N) is 1. The van der Waals surface area contributed by atoms with E-state index < -0.39 is 0 Å². The number of hydrogen-bond acceptors (Lipinski definition) is 5. The van der Waals surface area contributed by atoms with Crippen LogP contribution in [0.2, 0.25) is 0 Å². The van der Waals surface area contributed by atoms with Gasteiger partial charge in [0.05, 0.1) is 0 Å². The molecule has 1 aliphatic carbocycles. The Labute approximate surface area is 124 Å². The average molecular weight is 293 g/mol. The number of rotatable bonds is 9. The van der Waals surface area contributed by atoms with Crippen molar-refractivity contribution >= 4 is 11.7 Å². The molecule has 1 saturated carbocycles. The second kappa shape index (κ2) is 7.36. The molecule has 0 spiro atoms. The molecular weight excluding hydrogens is 270 g/mol. The minimum Gasteiger partial charge on any atom is -0.360 e. The lowest BCUT2D eigenvalue weighted by Crippen LogP contribution is -2.33. The van der Waals surface area contributed by atoms with E-state index in [-0.39, 0.29) is 17.7 Å². The average Bonchev–Trinajstić information content (AvgIpc) is 3.20. The Morgan fingerprint density at radius 3 is 2.90 bits per heavy atom. The van der Waals surface area contributed by atoms with Gasteiger partial charge in [0.2, 0.25) is 0 Å². The van der Waals surface area contributed by atoms with Crippen LogP contribution in [0.15, 0.2) is 10.6 Å². The molecular formula is C15H23N3O3. The number of carbonyl (C=O) groups excluding carboxylic acids is 2. The van der Waals surface area contributed by atoms with Crippen LogP contribution in [0, 0.1) is 0 Å². The van der Waals surface area contributed by atoms with Crippen LogP contribution < -0.4 is 11.1 Å². The summed E-state index contributed by atoms with van der Waals surface area (Å²) in [4.78, 5) is 23.5. The number of amides is 1. The van der Waals surface area contributed by atoms with Crippen LogP contribution in [0.25, 0.3) is 0 Å². The zero-order valence-corrected chi connectivity index (χ0v) is 12.4. The van der Waals surface area contributed by atoms with E-state index in [2.05, 4.69) is 10.5 Å². The van der Waals surface area contributed by atoms with Gasteiger partial charge in [-0.05, 0) is 39.2 Å². The first-order chi connectivity index (χ1) is 10.1. The molecule has 6 nitrogen and oxygen atoms in total. The Morgan fingerprint density at radius 1 is 1.48 bits per heavy atom. The molecule has 0 saturated heterocycles. The second-order valence-corrected chi connectivity index (χ2v) is 5.73. The largest absolute Gasteiger partial charge is 0.360 e. The first-order valence-electron chi connectivity index (χ1n) is 7.59. The van der Waals surface area contributed by atoms with Gasteiger partial charge in [0.15, 0.2) is 5.69 Å². The fourth-order valence-corrected chi connectivity index (χ4v) is 2.13. The molecule has 2 rings (SSSR count). The Kier molecular flexibility index (Phi) is 5.50. The van der Waals surface area contributed by atoms with Gasteiger partial charge in [-0.25, -0.2) is 0 Å². The lowest BCUT2D eigenvalue weighted by atomic mass is 10.1. The van der Waals surface area contributed by atoms with Crippen molar-refractivity contribution in [2.75, 3.05) is 6.54 Å². The standard InChI is InChI=1S/C15H23N3O3/c1-10(4-7-12(19)3-2-8-16)17-15(20)13-9-14(21-18-13)11-5-6-11/h9-11H,2-8,16H2,1H3,(H,17,20). The molecule has 0 aromatic carbocycles. The molecule has 1 atom stereocenters. The maximum atomic E-state index is 12.0. The molecule has 1 unspecified atom stereocenters. The summed E-state index contributed by atoms with van der Waals surface area (Å²) < 4.78 is 5.16. The Hall–Kier alpha value is -1.69. The van der Waals surface area contributed by atoms with Crippen molar-refractivity contribution in [1.82, 2.24) is 10.5 Å². The highest BCUT2D eigenvalue weighted by molar-refractivity contribution is 5.92. The molecule has 21 heavy (non-hydrogen) atoms. The minimum absolute atomic E-state index is 0.0691. The van der Waals surface area contributed by atoms with Gasteiger partial charge in [-0.2, -0.15) is 0 Å². The Morgan fingerprint density at radius 2 is 2.24 bits per heavy atom. The van der Waals surface area contributed by atoms with Crippen LogP contribution in [0.5, 0.6) is 0 Å². The number of nitrogens with zero attached hydrogens (tertiary/aromatic N) is 1. The predicted octanol–water partition coefficient (Wildman–Crippen LogP) is 1.76. The van der Waals surface area contributed by atoms with Crippen molar-refractivity contribution in [2.45, 2.75) is 57.4 Å². The Bertz CT molecular complexity index is 494. The highest BCUT2D eigenvalue weighted by Crippen LogP contribution is 2.40. The van der Waals surface area contributed by atoms with E-state index in [0.717, 1.165) is 25.0 Å². The molecule has 6 heteroatoms. The summed E-state index contributed by atoms with van der Waals surface area (Å²) in [5, 5.41) is 6.64. The van der Waals surface area contributed by atoms with Gasteiger partial charge < -0.3 is 15.6 Å². The second-order valence-electron chi connectivity index (χ2n) is 5.73. The third-order valence-corrected chi connectivity index (χ3v) is 3.63. The number of Topliss-reactive ketones (excluding diaryl/α,β-unsaturated/α-hetero) is 1. The van der Waals surface area contributed by atoms with E-state index in [1.54, 1.807) is 6.07 Å². The fraction of sp³-hybridized carbons (Fsp3) is 0.667. The zero-order chi connectivity index (χ0) is 15.2. The van der Waals surface area contributed by atoms with Gasteiger partial charge in [0, 0.05) is 30.9 Å². The van der Waals surface area contributed by atoms with Crippen molar-refractivity contribution in [3.05, 3.63) is 17.5 Å². The molecule has 0 radical (unpaired) electrons. The number of carbonyl (C=O) groups is 2. The van der Waals surface area contributed by atoms with Crippen LogP contribution >= 0.6 is 0 Å². The smallest absolute Gasteiger partial charge is 0.273 e. The molecule has 0 aliphatic heterocycles. The van der Waals surface area contributed by atoms with Crippen LogP contribution in [-0.4, -0.2) is 29.4 Å². The lowest BCUT2D eigenvalue weighted by molar-refractivity contribution is -0.119. The first-order valence-corrected chi connectivity index (χ1v) is 7.59. The summed E-state index contributed by atoms with van der Waals surface area (Å²) in [6.07, 6.45) is 4.55. The number of hydrogen-bond donors (Lipinski definition) is 2. The summed E-state index contributed by atoms with van der Waals surface area (Å²) in [5.74, 6) is 1.19. The monoisotopic (exact) mass is 293 g/mol. The molecule has 1 aromatic rings. The van der Waals surface area contributed by atoms with E-state index in [0.29, 0.717) is 37.4 Å². The van der Waals surface area contributed by atoms with Crippen molar-refractivity contribution in [2.24, 2.45) is 5.73 Å². The summed E-state index contributed by atoms with van der Waals surface area (Å²) in [6, 6.07) is 1.65. The van der Waals surface area contributed by atoms with Gasteiger partial charge in [-0.15, -0.1) is 0 Å². The number of ketones is 1. The van der Waals surface area contributed by atoms with Crippen molar-refractivity contribution < 1.29 is 14.1 Å². The van der Waals surface area contributed by atoms with Gasteiger partial charge in [0.1, 0.15) is 11.5 Å². The van der Waals surface area contributed by atoms with Gasteiger partial charge >= 0.3 is 0 Å². The molecule has 0 bridgehead atoms. The summed E-state index contributed by atoms with van der Waals surface area (Å²) in [5.41, 5.74) is 5.68. The SMILES string of the molecule is CC(CCC(=O)CCCN)NC(=O)c1cc(C2CC2)on1. The number of aromatic nitrogens is 1. The maximum absolute atomic E-state index is 12.0. The molecule has 1 aliphatic rings. The van der Waals surface area contributed by atoms with E-state index in [9.17, 15) is 9.59 Å². The maximum Gasteiger partial charge on any atom is 0.273 e. The molecule has 1 amide bonds. The van der Waals surface area contributed by atoms with E-state index in [4.69, 9.17) is 10.3 Å². The summed E-state index contributed by atoms with van der Waals surface area (Å²) >= 11 is 0. The normalized spacial score (nSPS) is 15.7. The molecule has 1 heterocycles. The Balaban J connectivity index is 1.72. The van der Waals surface area contributed by atoms with Crippen LogP contribution in [0.3, 0.4) is 0 Å². The minimum atomic E-state index is -0.243. The molecule has 116 valence electrons. The summed E-state index contributed by atoms with van der Waals surface area (Å²) in [7, 11) is 0. The summed E-state index contributed by atoms with van der Waals surface area (Å²) in [6.45, 7) is 2.42. The van der Waals surface area contributed by atoms with Crippen LogP contribution in [-0.2, 0) is 4.79 Å².